The molecule has 1 aromatic carbocycles. The fourth-order valence-corrected chi connectivity index (χ4v) is 2.16. The van der Waals surface area contributed by atoms with Gasteiger partial charge in [0.15, 0.2) is 0 Å². The van der Waals surface area contributed by atoms with E-state index >= 15 is 0 Å². The van der Waals surface area contributed by atoms with E-state index < -0.39 is 0 Å². The summed E-state index contributed by atoms with van der Waals surface area (Å²) in [5.74, 6) is 0.686. The molecule has 0 bridgehead atoms. The minimum absolute atomic E-state index is 0. The van der Waals surface area contributed by atoms with Gasteiger partial charge in [-0.3, -0.25) is 9.97 Å². The molecule has 0 aliphatic carbocycles. The van der Waals surface area contributed by atoms with Crippen LogP contribution in [-0.4, -0.2) is 19.5 Å². The fourth-order valence-electron chi connectivity index (χ4n) is 2.16. The second-order valence-electron chi connectivity index (χ2n) is 5.16. The van der Waals surface area contributed by atoms with Gasteiger partial charge in [0.1, 0.15) is 0 Å². The Kier molecular flexibility index (Phi) is 6.84. The molecule has 0 amide bonds. The maximum atomic E-state index is 4.32. The van der Waals surface area contributed by atoms with Crippen molar-refractivity contribution in [3.63, 3.8) is 0 Å². The van der Waals surface area contributed by atoms with Crippen molar-refractivity contribution >= 4 is 0 Å². The molecular formula is C19H17N5Pt. The molecule has 0 radical (unpaired) electrons. The first kappa shape index (κ1) is 18.8. The van der Waals surface area contributed by atoms with Crippen LogP contribution in [0.2, 0.25) is 0 Å². The quantitative estimate of drug-likeness (QED) is 0.389. The molecule has 5 nitrogen and oxygen atoms in total. The predicted molar refractivity (Wildman–Crippen MR) is 93.0 cm³/mol. The molecule has 4 rings (SSSR count). The zero-order valence-corrected chi connectivity index (χ0v) is 16.2. The number of pyridine rings is 1. The number of imidazole rings is 2. The van der Waals surface area contributed by atoms with Gasteiger partial charge in [0.05, 0.1) is 12.0 Å². The molecule has 0 spiro atoms. The number of nitrogens with zero attached hydrogens (tertiary/aromatic N) is 5. The number of benzene rings is 1. The summed E-state index contributed by atoms with van der Waals surface area (Å²) in [7, 11) is 1.99. The first-order valence-corrected chi connectivity index (χ1v) is 7.56. The van der Waals surface area contributed by atoms with E-state index in [1.807, 2.05) is 60.4 Å². The first-order chi connectivity index (χ1) is 11.8. The average molecular weight is 510 g/mol. The van der Waals surface area contributed by atoms with E-state index in [2.05, 4.69) is 32.9 Å². The van der Waals surface area contributed by atoms with Crippen LogP contribution in [0.3, 0.4) is 0 Å². The number of rotatable bonds is 2. The molecule has 0 saturated heterocycles. The molecule has 0 saturated carbocycles. The van der Waals surface area contributed by atoms with Crippen LogP contribution in [0.1, 0.15) is 5.69 Å². The molecule has 128 valence electrons. The van der Waals surface area contributed by atoms with Gasteiger partial charge in [0.25, 0.3) is 0 Å². The van der Waals surface area contributed by atoms with Crippen LogP contribution in [-0.2, 0) is 28.1 Å². The summed E-state index contributed by atoms with van der Waals surface area (Å²) < 4.78 is 2.01. The van der Waals surface area contributed by atoms with Crippen molar-refractivity contribution in [2.24, 2.45) is 7.05 Å². The van der Waals surface area contributed by atoms with E-state index in [9.17, 15) is 0 Å². The van der Waals surface area contributed by atoms with Crippen LogP contribution in [0.25, 0.3) is 22.8 Å². The molecule has 0 aliphatic rings. The summed E-state index contributed by atoms with van der Waals surface area (Å²) in [6.07, 6.45) is 6.87. The third-order valence-electron chi connectivity index (χ3n) is 3.55. The Morgan fingerprint density at radius 1 is 1.00 bits per heavy atom. The molecule has 6 heteroatoms. The fraction of sp³-hybridized carbons (Fsp3) is 0.105. The molecule has 0 unspecified atom stereocenters. The van der Waals surface area contributed by atoms with E-state index in [0.717, 1.165) is 17.0 Å². The summed E-state index contributed by atoms with van der Waals surface area (Å²) in [6.45, 7) is 2.06. The van der Waals surface area contributed by atoms with Gasteiger partial charge in [0, 0.05) is 18.9 Å². The van der Waals surface area contributed by atoms with Crippen molar-refractivity contribution in [2.75, 3.05) is 0 Å². The largest absolute Gasteiger partial charge is 2.00 e. The van der Waals surface area contributed by atoms with Crippen molar-refractivity contribution in [1.82, 2.24) is 24.5 Å². The maximum Gasteiger partial charge on any atom is 2.00 e. The molecule has 0 atom stereocenters. The zero-order valence-electron chi connectivity index (χ0n) is 13.9. The van der Waals surface area contributed by atoms with Gasteiger partial charge < -0.3 is 14.5 Å². The standard InChI is InChI=1S/C11H11N2.C8H6N3.Pt/c1-9-11(12-8-13(9)2)10-6-4-3-5-7-10;1-2-4-9-7(3-1)8-10-5-6-11-8;/h3-6,8H,1-2H3;1-6H;/q2*-1;+2. The Labute approximate surface area is 161 Å². The number of aromatic nitrogens is 5. The Morgan fingerprint density at radius 2 is 1.84 bits per heavy atom. The van der Waals surface area contributed by atoms with E-state index in [1.165, 1.54) is 5.69 Å². The summed E-state index contributed by atoms with van der Waals surface area (Å²) in [5.41, 5.74) is 4.06. The minimum Gasteiger partial charge on any atom is -0.441 e. The van der Waals surface area contributed by atoms with Crippen molar-refractivity contribution in [2.45, 2.75) is 6.92 Å². The third kappa shape index (κ3) is 4.74. The maximum absolute atomic E-state index is 4.32. The van der Waals surface area contributed by atoms with Gasteiger partial charge in [-0.05, 0) is 30.6 Å². The first-order valence-electron chi connectivity index (χ1n) is 7.56. The van der Waals surface area contributed by atoms with Crippen molar-refractivity contribution in [3.8, 4) is 22.8 Å². The molecule has 0 aliphatic heterocycles. The smallest absolute Gasteiger partial charge is 0.441 e. The van der Waals surface area contributed by atoms with Crippen molar-refractivity contribution in [1.29, 1.82) is 0 Å². The Morgan fingerprint density at radius 3 is 2.40 bits per heavy atom. The second-order valence-corrected chi connectivity index (χ2v) is 5.16. The summed E-state index contributed by atoms with van der Waals surface area (Å²) >= 11 is 0. The van der Waals surface area contributed by atoms with Gasteiger partial charge in [-0.25, -0.2) is 0 Å². The Hall–Kier alpha value is -2.52. The average Bonchev–Trinajstić information content (AvgIpc) is 3.28. The van der Waals surface area contributed by atoms with Crippen LogP contribution in [0, 0.1) is 13.0 Å². The summed E-state index contributed by atoms with van der Waals surface area (Å²) in [6, 6.07) is 16.7. The minimum atomic E-state index is 0. The van der Waals surface area contributed by atoms with Gasteiger partial charge in [0.2, 0.25) is 0 Å². The Balaban J connectivity index is 0.000000175. The monoisotopic (exact) mass is 510 g/mol. The van der Waals surface area contributed by atoms with Crippen molar-refractivity contribution in [3.05, 3.63) is 79.1 Å². The van der Waals surface area contributed by atoms with Gasteiger partial charge in [-0.1, -0.05) is 18.5 Å². The van der Waals surface area contributed by atoms with Crippen LogP contribution in [0.4, 0.5) is 0 Å². The predicted octanol–water partition coefficient (Wildman–Crippen LogP) is 3.29. The van der Waals surface area contributed by atoms with Crippen LogP contribution >= 0.6 is 0 Å². The van der Waals surface area contributed by atoms with Gasteiger partial charge >= 0.3 is 21.1 Å². The molecule has 25 heavy (non-hydrogen) atoms. The molecule has 3 aromatic heterocycles. The second kappa shape index (κ2) is 9.09. The van der Waals surface area contributed by atoms with Crippen LogP contribution in [0.15, 0.2) is 67.4 Å². The van der Waals surface area contributed by atoms with E-state index in [4.69, 9.17) is 0 Å². The van der Waals surface area contributed by atoms with Crippen LogP contribution in [0.5, 0.6) is 0 Å². The van der Waals surface area contributed by atoms with Gasteiger partial charge in [-0.2, -0.15) is 0 Å². The molecule has 4 aromatic rings. The van der Waals surface area contributed by atoms with E-state index in [-0.39, 0.29) is 21.1 Å². The Bertz CT molecular complexity index is 871. The zero-order chi connectivity index (χ0) is 16.8. The normalized spacial score (nSPS) is 9.68. The molecular weight excluding hydrogens is 493 g/mol. The molecule has 0 fully saturated rings. The third-order valence-corrected chi connectivity index (χ3v) is 3.55. The van der Waals surface area contributed by atoms with E-state index in [0.29, 0.717) is 5.82 Å². The molecule has 0 N–H and O–H groups in total. The molecule has 3 heterocycles. The van der Waals surface area contributed by atoms with Crippen molar-refractivity contribution < 1.29 is 21.1 Å². The number of hydrogen-bond donors (Lipinski definition) is 0. The topological polar surface area (TPSA) is 57.7 Å². The SMILES string of the molecule is Cc1c(-c2[c-]cccc2)ncn1C.[Pt+2].c1ccc(-c2ncc[n-]2)nc1. The summed E-state index contributed by atoms with van der Waals surface area (Å²) in [4.78, 5) is 16.4. The van der Waals surface area contributed by atoms with Gasteiger partial charge in [-0.15, -0.1) is 35.9 Å². The summed E-state index contributed by atoms with van der Waals surface area (Å²) in [5, 5.41) is 0. The van der Waals surface area contributed by atoms with Crippen LogP contribution < -0.4 is 4.98 Å². The number of hydrogen-bond acceptors (Lipinski definition) is 3. The number of aryl methyl sites for hydroxylation is 1. The van der Waals surface area contributed by atoms with E-state index in [1.54, 1.807) is 18.6 Å².